The van der Waals surface area contributed by atoms with Gasteiger partial charge in [0.25, 0.3) is 5.91 Å². The molecule has 4 aliphatic rings. The van der Waals surface area contributed by atoms with Crippen LogP contribution in [0.15, 0.2) is 41.6 Å². The molecule has 5 heteroatoms. The fraction of sp³-hybridized carbons (Fsp3) is 0.333. The van der Waals surface area contributed by atoms with Crippen LogP contribution in [0.4, 0.5) is 4.79 Å². The van der Waals surface area contributed by atoms with Crippen molar-refractivity contribution in [2.24, 2.45) is 0 Å². The highest BCUT2D eigenvalue weighted by Gasteiger charge is 2.57. The van der Waals surface area contributed by atoms with E-state index in [-0.39, 0.29) is 17.4 Å². The van der Waals surface area contributed by atoms with Gasteiger partial charge in [0.05, 0.1) is 0 Å². The van der Waals surface area contributed by atoms with E-state index in [9.17, 15) is 9.59 Å². The van der Waals surface area contributed by atoms with Gasteiger partial charge in [-0.2, -0.15) is 0 Å². The number of amides is 3. The summed E-state index contributed by atoms with van der Waals surface area (Å²) in [6.45, 7) is 0.878. The minimum atomic E-state index is -0.812. The normalized spacial score (nSPS) is 33.7. The van der Waals surface area contributed by atoms with E-state index in [1.807, 2.05) is 6.07 Å². The predicted molar refractivity (Wildman–Crippen MR) is 85.4 cm³/mol. The van der Waals surface area contributed by atoms with Gasteiger partial charge in [0, 0.05) is 17.7 Å². The van der Waals surface area contributed by atoms with Gasteiger partial charge in [-0.3, -0.25) is 10.1 Å². The van der Waals surface area contributed by atoms with Crippen LogP contribution in [0.3, 0.4) is 0 Å². The summed E-state index contributed by atoms with van der Waals surface area (Å²) >= 11 is 0. The van der Waals surface area contributed by atoms with Crippen LogP contribution in [0.2, 0.25) is 0 Å². The molecule has 0 radical (unpaired) electrons. The molecule has 2 fully saturated rings. The van der Waals surface area contributed by atoms with Gasteiger partial charge in [-0.25, -0.2) is 4.79 Å². The summed E-state index contributed by atoms with van der Waals surface area (Å²) in [5, 5.41) is 8.80. The third-order valence-corrected chi connectivity index (χ3v) is 5.72. The summed E-state index contributed by atoms with van der Waals surface area (Å²) in [6.07, 6.45) is 6.44. The molecule has 5 nitrogen and oxygen atoms in total. The second kappa shape index (κ2) is 4.04. The van der Waals surface area contributed by atoms with Gasteiger partial charge < -0.3 is 10.6 Å². The maximum absolute atomic E-state index is 12.5. The molecule has 1 aromatic rings. The quantitative estimate of drug-likeness (QED) is 0.637. The zero-order valence-electron chi connectivity index (χ0n) is 12.6. The molecule has 3 amide bonds. The van der Waals surface area contributed by atoms with Crippen LogP contribution in [-0.4, -0.2) is 24.0 Å². The topological polar surface area (TPSA) is 70.2 Å². The highest BCUT2D eigenvalue weighted by Crippen LogP contribution is 2.54. The maximum Gasteiger partial charge on any atom is 0.322 e. The van der Waals surface area contributed by atoms with Gasteiger partial charge >= 0.3 is 6.03 Å². The molecule has 2 heterocycles. The predicted octanol–water partition coefficient (Wildman–Crippen LogP) is 1.57. The minimum Gasteiger partial charge on any atom is -0.385 e. The van der Waals surface area contributed by atoms with Crippen molar-refractivity contribution in [2.45, 2.75) is 30.2 Å². The minimum absolute atomic E-state index is 0.195. The largest absolute Gasteiger partial charge is 0.385 e. The van der Waals surface area contributed by atoms with Crippen molar-refractivity contribution in [1.29, 1.82) is 0 Å². The number of fused-ring (bicyclic) bond motifs is 1. The van der Waals surface area contributed by atoms with Gasteiger partial charge in [-0.15, -0.1) is 0 Å². The van der Waals surface area contributed by atoms with Crippen LogP contribution < -0.4 is 16.0 Å². The maximum atomic E-state index is 12.5. The summed E-state index contributed by atoms with van der Waals surface area (Å²) < 4.78 is 0. The van der Waals surface area contributed by atoms with Gasteiger partial charge in [-0.05, 0) is 42.0 Å². The SMILES string of the molecule is O=C1NC(=O)C2(CC=C3C4=Cc5ccccc5C3(CCN4)C2)N1. The third-order valence-electron chi connectivity index (χ3n) is 5.72. The number of hydrogen-bond acceptors (Lipinski definition) is 3. The summed E-state index contributed by atoms with van der Waals surface area (Å²) in [5.74, 6) is -0.195. The Kier molecular flexibility index (Phi) is 2.27. The summed E-state index contributed by atoms with van der Waals surface area (Å²) in [7, 11) is 0. The van der Waals surface area contributed by atoms with E-state index in [2.05, 4.69) is 46.3 Å². The van der Waals surface area contributed by atoms with E-state index in [0.29, 0.717) is 12.8 Å². The molecule has 2 bridgehead atoms. The standard InChI is InChI=1S/C18H17N3O2/c22-15-18(21-16(23)20-15)6-5-13-14-9-11-3-1-2-4-12(11)17(13,10-18)7-8-19-14/h1-5,9,19H,6-8,10H2,(H2,20,21,22,23). The fourth-order valence-electron chi connectivity index (χ4n) is 4.77. The number of carbonyl (C=O) groups is 2. The molecule has 2 saturated heterocycles. The molecular formula is C18H17N3O2. The molecule has 0 saturated carbocycles. The van der Waals surface area contributed by atoms with Crippen molar-refractivity contribution in [1.82, 2.24) is 16.0 Å². The number of urea groups is 1. The van der Waals surface area contributed by atoms with Crippen molar-refractivity contribution in [3.63, 3.8) is 0 Å². The Morgan fingerprint density at radius 3 is 2.83 bits per heavy atom. The number of piperidine rings is 1. The number of allylic oxidation sites excluding steroid dienone is 1. The monoisotopic (exact) mass is 307 g/mol. The van der Waals surface area contributed by atoms with Crippen molar-refractivity contribution in [3.8, 4) is 0 Å². The first kappa shape index (κ1) is 12.9. The summed E-state index contributed by atoms with van der Waals surface area (Å²) in [6, 6.07) is 8.00. The Morgan fingerprint density at radius 2 is 2.00 bits per heavy atom. The lowest BCUT2D eigenvalue weighted by Gasteiger charge is -2.51. The molecule has 2 aliphatic heterocycles. The number of hydrogen-bond donors (Lipinski definition) is 3. The average molecular weight is 307 g/mol. The van der Waals surface area contributed by atoms with Crippen LogP contribution in [0.5, 0.6) is 0 Å². The zero-order chi connectivity index (χ0) is 15.7. The molecular weight excluding hydrogens is 290 g/mol. The molecule has 2 atom stereocenters. The van der Waals surface area contributed by atoms with E-state index in [0.717, 1.165) is 18.7 Å². The fourth-order valence-corrected chi connectivity index (χ4v) is 4.77. The molecule has 2 aliphatic carbocycles. The Morgan fingerprint density at radius 1 is 1.13 bits per heavy atom. The highest BCUT2D eigenvalue weighted by atomic mass is 16.2. The van der Waals surface area contributed by atoms with Crippen molar-refractivity contribution >= 4 is 18.0 Å². The lowest BCUT2D eigenvalue weighted by atomic mass is 9.56. The van der Waals surface area contributed by atoms with E-state index in [1.165, 1.54) is 16.7 Å². The summed E-state index contributed by atoms with van der Waals surface area (Å²) in [5.41, 5.74) is 3.90. The van der Waals surface area contributed by atoms with Gasteiger partial charge in [0.1, 0.15) is 5.54 Å². The second-order valence-electron chi connectivity index (χ2n) is 6.89. The molecule has 116 valence electrons. The van der Waals surface area contributed by atoms with Gasteiger partial charge in [0.15, 0.2) is 0 Å². The first-order valence-electron chi connectivity index (χ1n) is 8.03. The number of benzene rings is 1. The van der Waals surface area contributed by atoms with Crippen molar-refractivity contribution in [2.75, 3.05) is 6.54 Å². The number of imide groups is 1. The summed E-state index contributed by atoms with van der Waals surface area (Å²) in [4.78, 5) is 24.2. The number of rotatable bonds is 0. The Labute approximate surface area is 133 Å². The first-order valence-corrected chi connectivity index (χ1v) is 8.03. The second-order valence-corrected chi connectivity index (χ2v) is 6.89. The Balaban J connectivity index is 1.74. The van der Waals surface area contributed by atoms with E-state index in [1.54, 1.807) is 0 Å². The van der Waals surface area contributed by atoms with Crippen molar-refractivity contribution < 1.29 is 9.59 Å². The lowest BCUT2D eigenvalue weighted by molar-refractivity contribution is -0.124. The average Bonchev–Trinajstić information content (AvgIpc) is 2.80. The van der Waals surface area contributed by atoms with Crippen LogP contribution in [0.25, 0.3) is 6.08 Å². The lowest BCUT2D eigenvalue weighted by Crippen LogP contribution is -2.57. The van der Waals surface area contributed by atoms with E-state index in [4.69, 9.17) is 0 Å². The molecule has 0 aromatic heterocycles. The van der Waals surface area contributed by atoms with Crippen LogP contribution in [0.1, 0.15) is 30.4 Å². The molecule has 5 rings (SSSR count). The van der Waals surface area contributed by atoms with Crippen LogP contribution in [-0.2, 0) is 10.2 Å². The third kappa shape index (κ3) is 1.52. The van der Waals surface area contributed by atoms with Crippen LogP contribution in [0, 0.1) is 0 Å². The zero-order valence-corrected chi connectivity index (χ0v) is 12.6. The van der Waals surface area contributed by atoms with E-state index >= 15 is 0 Å². The van der Waals surface area contributed by atoms with Crippen molar-refractivity contribution in [3.05, 3.63) is 52.7 Å². The smallest absolute Gasteiger partial charge is 0.322 e. The molecule has 23 heavy (non-hydrogen) atoms. The first-order chi connectivity index (χ1) is 11.1. The number of carbonyl (C=O) groups excluding carboxylic acids is 2. The molecule has 1 spiro atoms. The highest BCUT2D eigenvalue weighted by molar-refractivity contribution is 6.07. The van der Waals surface area contributed by atoms with Crippen LogP contribution >= 0.6 is 0 Å². The molecule has 3 N–H and O–H groups in total. The van der Waals surface area contributed by atoms with E-state index < -0.39 is 5.54 Å². The molecule has 2 unspecified atom stereocenters. The Bertz CT molecular complexity index is 825. The van der Waals surface area contributed by atoms with Gasteiger partial charge in [-0.1, -0.05) is 30.3 Å². The molecule has 1 aromatic carbocycles. The Hall–Kier alpha value is -2.56. The van der Waals surface area contributed by atoms with Gasteiger partial charge in [0.2, 0.25) is 0 Å². The number of nitrogens with one attached hydrogen (secondary N) is 3.